The molecule has 0 heterocycles. The van der Waals surface area contributed by atoms with Crippen molar-refractivity contribution < 1.29 is 4.79 Å². The summed E-state index contributed by atoms with van der Waals surface area (Å²) >= 11 is 1.59. The zero-order chi connectivity index (χ0) is 12.0. The lowest BCUT2D eigenvalue weighted by Crippen LogP contribution is -2.37. The fourth-order valence-corrected chi connectivity index (χ4v) is 2.12. The highest BCUT2D eigenvalue weighted by atomic mass is 32.2. The van der Waals surface area contributed by atoms with Crippen LogP contribution in [0.1, 0.15) is 27.2 Å². The van der Waals surface area contributed by atoms with E-state index in [1.807, 2.05) is 44.2 Å². The van der Waals surface area contributed by atoms with Crippen molar-refractivity contribution in [2.24, 2.45) is 0 Å². The van der Waals surface area contributed by atoms with E-state index in [1.54, 1.807) is 11.8 Å². The number of hydrogen-bond acceptors (Lipinski definition) is 2. The largest absolute Gasteiger partial charge is 0.353 e. The van der Waals surface area contributed by atoms with E-state index >= 15 is 0 Å². The predicted octanol–water partition coefficient (Wildman–Crippen LogP) is 3.08. The molecule has 1 amide bonds. The molecule has 0 saturated carbocycles. The lowest BCUT2D eigenvalue weighted by atomic mass is 10.2. The second-order valence-electron chi connectivity index (χ2n) is 3.89. The van der Waals surface area contributed by atoms with E-state index in [1.165, 1.54) is 0 Å². The fraction of sp³-hybridized carbons (Fsp3) is 0.462. The van der Waals surface area contributed by atoms with Gasteiger partial charge in [0.05, 0.1) is 5.25 Å². The maximum Gasteiger partial charge on any atom is 0.233 e. The number of hydrogen-bond donors (Lipinski definition) is 1. The number of amides is 1. The minimum Gasteiger partial charge on any atom is -0.353 e. The summed E-state index contributed by atoms with van der Waals surface area (Å²) in [5.41, 5.74) is 0. The van der Waals surface area contributed by atoms with Gasteiger partial charge in [-0.25, -0.2) is 0 Å². The molecule has 1 aromatic carbocycles. The second-order valence-corrected chi connectivity index (χ2v) is 5.31. The van der Waals surface area contributed by atoms with Crippen molar-refractivity contribution in [2.75, 3.05) is 0 Å². The molecule has 88 valence electrons. The number of rotatable bonds is 5. The van der Waals surface area contributed by atoms with Gasteiger partial charge in [0.25, 0.3) is 0 Å². The van der Waals surface area contributed by atoms with Crippen LogP contribution in [0.3, 0.4) is 0 Å². The average Bonchev–Trinajstić information content (AvgIpc) is 2.30. The summed E-state index contributed by atoms with van der Waals surface area (Å²) in [6.07, 6.45) is 0.967. The SMILES string of the molecule is CCC(C)NC(=O)C(C)Sc1ccccc1. The van der Waals surface area contributed by atoms with Gasteiger partial charge in [0.15, 0.2) is 0 Å². The summed E-state index contributed by atoms with van der Waals surface area (Å²) in [6.45, 7) is 6.03. The highest BCUT2D eigenvalue weighted by Crippen LogP contribution is 2.22. The highest BCUT2D eigenvalue weighted by molar-refractivity contribution is 8.00. The Labute approximate surface area is 102 Å². The molecule has 0 aliphatic heterocycles. The van der Waals surface area contributed by atoms with Crippen molar-refractivity contribution in [3.8, 4) is 0 Å². The Balaban J connectivity index is 2.46. The van der Waals surface area contributed by atoms with Gasteiger partial charge in [-0.2, -0.15) is 0 Å². The maximum absolute atomic E-state index is 11.8. The molecule has 2 nitrogen and oxygen atoms in total. The first-order valence-electron chi connectivity index (χ1n) is 5.65. The van der Waals surface area contributed by atoms with Gasteiger partial charge < -0.3 is 5.32 Å². The van der Waals surface area contributed by atoms with Crippen LogP contribution < -0.4 is 5.32 Å². The molecular weight excluding hydrogens is 218 g/mol. The first-order valence-corrected chi connectivity index (χ1v) is 6.53. The summed E-state index contributed by atoms with van der Waals surface area (Å²) in [7, 11) is 0. The van der Waals surface area contributed by atoms with E-state index in [9.17, 15) is 4.79 Å². The summed E-state index contributed by atoms with van der Waals surface area (Å²) in [6, 6.07) is 10.3. The molecule has 0 aliphatic rings. The lowest BCUT2D eigenvalue weighted by Gasteiger charge is -2.15. The topological polar surface area (TPSA) is 29.1 Å². The zero-order valence-corrected chi connectivity index (χ0v) is 10.9. The van der Waals surface area contributed by atoms with Crippen LogP contribution in [0.2, 0.25) is 0 Å². The fourth-order valence-electron chi connectivity index (χ4n) is 1.22. The number of carbonyl (C=O) groups is 1. The molecule has 1 aromatic rings. The third-order valence-electron chi connectivity index (χ3n) is 2.43. The average molecular weight is 237 g/mol. The number of carbonyl (C=O) groups excluding carboxylic acids is 1. The molecule has 2 unspecified atom stereocenters. The van der Waals surface area contributed by atoms with Crippen LogP contribution in [0.4, 0.5) is 0 Å². The third-order valence-corrected chi connectivity index (χ3v) is 3.54. The van der Waals surface area contributed by atoms with Crippen LogP contribution in [0.5, 0.6) is 0 Å². The molecule has 1 N–H and O–H groups in total. The van der Waals surface area contributed by atoms with Crippen LogP contribution >= 0.6 is 11.8 Å². The van der Waals surface area contributed by atoms with Crippen molar-refractivity contribution in [2.45, 2.75) is 43.4 Å². The van der Waals surface area contributed by atoms with Crippen LogP contribution in [-0.4, -0.2) is 17.2 Å². The molecule has 0 fully saturated rings. The smallest absolute Gasteiger partial charge is 0.233 e. The van der Waals surface area contributed by atoms with Crippen molar-refractivity contribution in [1.29, 1.82) is 0 Å². The van der Waals surface area contributed by atoms with Crippen molar-refractivity contribution in [1.82, 2.24) is 5.32 Å². The van der Waals surface area contributed by atoms with Gasteiger partial charge in [-0.05, 0) is 32.4 Å². The first-order chi connectivity index (χ1) is 7.63. The quantitative estimate of drug-likeness (QED) is 0.797. The molecule has 3 heteroatoms. The standard InChI is InChI=1S/C13H19NOS/c1-4-10(2)14-13(15)11(3)16-12-8-6-5-7-9-12/h5-11H,4H2,1-3H3,(H,14,15). The Morgan fingerprint density at radius 1 is 1.31 bits per heavy atom. The van der Waals surface area contributed by atoms with E-state index in [-0.39, 0.29) is 17.2 Å². The van der Waals surface area contributed by atoms with Crippen molar-refractivity contribution in [3.05, 3.63) is 30.3 Å². The monoisotopic (exact) mass is 237 g/mol. The van der Waals surface area contributed by atoms with E-state index < -0.39 is 0 Å². The minimum atomic E-state index is -0.0450. The highest BCUT2D eigenvalue weighted by Gasteiger charge is 2.15. The molecule has 0 spiro atoms. The summed E-state index contributed by atoms with van der Waals surface area (Å²) in [5.74, 6) is 0.114. The molecule has 0 aromatic heterocycles. The second kappa shape index (κ2) is 6.59. The van der Waals surface area contributed by atoms with Gasteiger partial charge >= 0.3 is 0 Å². The van der Waals surface area contributed by atoms with Crippen LogP contribution in [-0.2, 0) is 4.79 Å². The summed E-state index contributed by atoms with van der Waals surface area (Å²) < 4.78 is 0. The van der Waals surface area contributed by atoms with Gasteiger partial charge in [-0.15, -0.1) is 11.8 Å². The number of nitrogens with one attached hydrogen (secondary N) is 1. The molecule has 0 bridgehead atoms. The molecule has 0 saturated heterocycles. The molecule has 2 atom stereocenters. The van der Waals surface area contributed by atoms with E-state index in [0.29, 0.717) is 0 Å². The van der Waals surface area contributed by atoms with Crippen LogP contribution in [0.15, 0.2) is 35.2 Å². The Kier molecular flexibility index (Phi) is 5.39. The number of thioether (sulfide) groups is 1. The maximum atomic E-state index is 11.8. The van der Waals surface area contributed by atoms with Gasteiger partial charge in [-0.1, -0.05) is 25.1 Å². The van der Waals surface area contributed by atoms with E-state index in [0.717, 1.165) is 11.3 Å². The normalized spacial score (nSPS) is 14.2. The Morgan fingerprint density at radius 2 is 1.94 bits per heavy atom. The molecule has 0 radical (unpaired) electrons. The van der Waals surface area contributed by atoms with Crippen LogP contribution in [0.25, 0.3) is 0 Å². The van der Waals surface area contributed by atoms with Gasteiger partial charge in [-0.3, -0.25) is 4.79 Å². The third kappa shape index (κ3) is 4.27. The van der Waals surface area contributed by atoms with E-state index in [4.69, 9.17) is 0 Å². The predicted molar refractivity (Wildman–Crippen MR) is 69.7 cm³/mol. The minimum absolute atomic E-state index is 0.0450. The molecule has 0 aliphatic carbocycles. The summed E-state index contributed by atoms with van der Waals surface area (Å²) in [5, 5.41) is 2.94. The van der Waals surface area contributed by atoms with E-state index in [2.05, 4.69) is 12.2 Å². The van der Waals surface area contributed by atoms with Crippen LogP contribution in [0, 0.1) is 0 Å². The molecule has 1 rings (SSSR count). The van der Waals surface area contributed by atoms with Gasteiger partial charge in [0.2, 0.25) is 5.91 Å². The van der Waals surface area contributed by atoms with Gasteiger partial charge in [0.1, 0.15) is 0 Å². The van der Waals surface area contributed by atoms with Gasteiger partial charge in [0, 0.05) is 10.9 Å². The van der Waals surface area contributed by atoms with Crippen molar-refractivity contribution >= 4 is 17.7 Å². The number of benzene rings is 1. The zero-order valence-electron chi connectivity index (χ0n) is 10.1. The van der Waals surface area contributed by atoms with Crippen molar-refractivity contribution in [3.63, 3.8) is 0 Å². The lowest BCUT2D eigenvalue weighted by molar-refractivity contribution is -0.120. The molecule has 16 heavy (non-hydrogen) atoms. The summed E-state index contributed by atoms with van der Waals surface area (Å²) in [4.78, 5) is 12.9. The Morgan fingerprint density at radius 3 is 2.50 bits per heavy atom. The first kappa shape index (κ1) is 13.1. The molecular formula is C13H19NOS. The Hall–Kier alpha value is -0.960. The Bertz CT molecular complexity index is 326.